The summed E-state index contributed by atoms with van der Waals surface area (Å²) < 4.78 is 5.97. The van der Waals surface area contributed by atoms with Gasteiger partial charge in [0.05, 0.1) is 7.11 Å². The van der Waals surface area contributed by atoms with Crippen LogP contribution in [0.2, 0.25) is 0 Å². The van der Waals surface area contributed by atoms with Crippen LogP contribution in [0.3, 0.4) is 0 Å². The van der Waals surface area contributed by atoms with Crippen molar-refractivity contribution >= 4 is 35.9 Å². The molecule has 0 aliphatic heterocycles. The predicted molar refractivity (Wildman–Crippen MR) is 51.7 cm³/mol. The van der Waals surface area contributed by atoms with Crippen molar-refractivity contribution in [1.29, 1.82) is 0 Å². The van der Waals surface area contributed by atoms with E-state index < -0.39 is 0 Å². The highest BCUT2D eigenvalue weighted by atomic mass is 127. The summed E-state index contributed by atoms with van der Waals surface area (Å²) in [7, 11) is 3.60. The van der Waals surface area contributed by atoms with Crippen LogP contribution in [0.25, 0.3) is 0 Å². The molecule has 52 valence electrons. The normalized spacial score (nSPS) is 9.40. The highest BCUT2D eigenvalue weighted by Crippen LogP contribution is 2.04. The molecule has 1 aromatic rings. The molecule has 0 aliphatic carbocycles. The summed E-state index contributed by atoms with van der Waals surface area (Å²) in [5.74, 6) is 0.715. The smallest absolute Gasteiger partial charge is 0.207 e. The standard InChI is InChI=1S/C6H7BINO/c1-10-6-4(7)2-3-5(8)9-6/h2-3H,7H2,1H3. The van der Waals surface area contributed by atoms with Gasteiger partial charge in [-0.3, -0.25) is 0 Å². The molecule has 0 bridgehead atoms. The Morgan fingerprint density at radius 1 is 1.60 bits per heavy atom. The highest BCUT2D eigenvalue weighted by Gasteiger charge is 1.97. The van der Waals surface area contributed by atoms with Gasteiger partial charge in [0.15, 0.2) is 0 Å². The predicted octanol–water partition coefficient (Wildman–Crippen LogP) is -0.0468. The average molecular weight is 247 g/mol. The third-order valence-electron chi connectivity index (χ3n) is 1.21. The summed E-state index contributed by atoms with van der Waals surface area (Å²) in [6, 6.07) is 3.95. The fourth-order valence-electron chi connectivity index (χ4n) is 0.694. The van der Waals surface area contributed by atoms with Crippen LogP contribution < -0.4 is 10.2 Å². The molecule has 0 unspecified atom stereocenters. The largest absolute Gasteiger partial charge is 0.481 e. The molecular formula is C6H7BINO. The van der Waals surface area contributed by atoms with E-state index in [0.717, 1.165) is 9.16 Å². The second kappa shape index (κ2) is 3.23. The fraction of sp³-hybridized carbons (Fsp3) is 0.167. The Bertz CT molecular complexity index is 241. The Hall–Kier alpha value is -0.255. The van der Waals surface area contributed by atoms with Gasteiger partial charge in [-0.25, -0.2) is 4.98 Å². The van der Waals surface area contributed by atoms with Gasteiger partial charge in [-0.15, -0.1) is 0 Å². The number of hydrogen-bond donors (Lipinski definition) is 0. The fourth-order valence-corrected chi connectivity index (χ4v) is 1.09. The minimum Gasteiger partial charge on any atom is -0.481 e. The second-order valence-corrected chi connectivity index (χ2v) is 3.07. The first-order chi connectivity index (χ1) is 4.74. The minimum atomic E-state index is 0.715. The van der Waals surface area contributed by atoms with Gasteiger partial charge < -0.3 is 4.74 Å². The first-order valence-electron chi connectivity index (χ1n) is 2.91. The third kappa shape index (κ3) is 1.62. The molecule has 1 heterocycles. The Balaban J connectivity index is 3.09. The molecular weight excluding hydrogens is 240 g/mol. The van der Waals surface area contributed by atoms with Crippen LogP contribution in [0.15, 0.2) is 12.1 Å². The van der Waals surface area contributed by atoms with Crippen LogP contribution in [0.4, 0.5) is 0 Å². The summed E-state index contributed by atoms with van der Waals surface area (Å²) in [5.41, 5.74) is 1.07. The Morgan fingerprint density at radius 3 is 2.80 bits per heavy atom. The Labute approximate surface area is 74.5 Å². The number of aromatic nitrogens is 1. The van der Waals surface area contributed by atoms with Gasteiger partial charge in [0.25, 0.3) is 0 Å². The van der Waals surface area contributed by atoms with E-state index in [1.54, 1.807) is 7.11 Å². The number of rotatable bonds is 1. The quantitative estimate of drug-likeness (QED) is 0.394. The lowest BCUT2D eigenvalue weighted by Crippen LogP contribution is -2.09. The van der Waals surface area contributed by atoms with Crippen molar-refractivity contribution in [3.8, 4) is 5.88 Å². The zero-order valence-electron chi connectivity index (χ0n) is 5.89. The van der Waals surface area contributed by atoms with Crippen molar-refractivity contribution < 1.29 is 4.74 Å². The SMILES string of the molecule is Bc1ccc(I)nc1OC. The van der Waals surface area contributed by atoms with Crippen LogP contribution in [0.5, 0.6) is 5.88 Å². The summed E-state index contributed by atoms with van der Waals surface area (Å²) in [5, 5.41) is 0. The molecule has 0 saturated carbocycles. The van der Waals surface area contributed by atoms with Crippen LogP contribution in [-0.2, 0) is 0 Å². The van der Waals surface area contributed by atoms with E-state index in [1.807, 2.05) is 20.0 Å². The van der Waals surface area contributed by atoms with Gasteiger partial charge >= 0.3 is 0 Å². The van der Waals surface area contributed by atoms with Gasteiger partial charge in [0.2, 0.25) is 5.88 Å². The molecule has 1 rings (SSSR count). The molecule has 10 heavy (non-hydrogen) atoms. The molecule has 0 aliphatic rings. The third-order valence-corrected chi connectivity index (χ3v) is 1.81. The van der Waals surface area contributed by atoms with E-state index in [0.29, 0.717) is 5.88 Å². The van der Waals surface area contributed by atoms with Gasteiger partial charge in [0, 0.05) is 0 Å². The van der Waals surface area contributed by atoms with Gasteiger partial charge in [-0.2, -0.15) is 0 Å². The lowest BCUT2D eigenvalue weighted by atomic mass is 9.98. The van der Waals surface area contributed by atoms with Gasteiger partial charge in [-0.1, -0.05) is 6.07 Å². The first kappa shape index (κ1) is 7.85. The zero-order chi connectivity index (χ0) is 7.56. The maximum Gasteiger partial charge on any atom is 0.207 e. The van der Waals surface area contributed by atoms with E-state index in [1.165, 1.54) is 0 Å². The Kier molecular flexibility index (Phi) is 2.53. The van der Waals surface area contributed by atoms with Crippen molar-refractivity contribution in [2.45, 2.75) is 0 Å². The number of methoxy groups -OCH3 is 1. The molecule has 0 spiro atoms. The summed E-state index contributed by atoms with van der Waals surface area (Å²) in [4.78, 5) is 4.16. The van der Waals surface area contributed by atoms with Crippen molar-refractivity contribution in [2.75, 3.05) is 7.11 Å². The number of ether oxygens (including phenoxy) is 1. The minimum absolute atomic E-state index is 0.715. The molecule has 0 aromatic carbocycles. The van der Waals surface area contributed by atoms with E-state index in [-0.39, 0.29) is 0 Å². The number of halogens is 1. The Morgan fingerprint density at radius 2 is 2.30 bits per heavy atom. The van der Waals surface area contributed by atoms with E-state index in [2.05, 4.69) is 27.6 Å². The van der Waals surface area contributed by atoms with Crippen LogP contribution >= 0.6 is 22.6 Å². The van der Waals surface area contributed by atoms with E-state index in [4.69, 9.17) is 4.74 Å². The van der Waals surface area contributed by atoms with Gasteiger partial charge in [-0.05, 0) is 34.1 Å². The number of hydrogen-bond acceptors (Lipinski definition) is 2. The van der Waals surface area contributed by atoms with Crippen molar-refractivity contribution in [1.82, 2.24) is 4.98 Å². The molecule has 0 saturated heterocycles. The lowest BCUT2D eigenvalue weighted by Gasteiger charge is -2.01. The van der Waals surface area contributed by atoms with Crippen LogP contribution in [0, 0.1) is 3.70 Å². The molecule has 4 heteroatoms. The first-order valence-corrected chi connectivity index (χ1v) is 3.99. The summed E-state index contributed by atoms with van der Waals surface area (Å²) in [6.45, 7) is 0. The highest BCUT2D eigenvalue weighted by molar-refractivity contribution is 14.1. The topological polar surface area (TPSA) is 22.1 Å². The average Bonchev–Trinajstić information content (AvgIpc) is 1.94. The number of pyridine rings is 1. The maximum atomic E-state index is 5.01. The van der Waals surface area contributed by atoms with E-state index in [9.17, 15) is 0 Å². The second-order valence-electron chi connectivity index (χ2n) is 1.96. The summed E-state index contributed by atoms with van der Waals surface area (Å²) >= 11 is 2.15. The lowest BCUT2D eigenvalue weighted by molar-refractivity contribution is 0.400. The monoisotopic (exact) mass is 247 g/mol. The molecule has 1 aromatic heterocycles. The van der Waals surface area contributed by atoms with Crippen LogP contribution in [0.1, 0.15) is 0 Å². The van der Waals surface area contributed by atoms with Crippen molar-refractivity contribution in [3.05, 3.63) is 15.8 Å². The molecule has 0 fully saturated rings. The van der Waals surface area contributed by atoms with Crippen molar-refractivity contribution in [3.63, 3.8) is 0 Å². The van der Waals surface area contributed by atoms with Gasteiger partial charge in [0.1, 0.15) is 11.5 Å². The molecule has 2 nitrogen and oxygen atoms in total. The zero-order valence-corrected chi connectivity index (χ0v) is 8.05. The molecule has 0 amide bonds. The molecule has 0 N–H and O–H groups in total. The number of nitrogens with zero attached hydrogens (tertiary/aromatic N) is 1. The molecule has 0 atom stereocenters. The van der Waals surface area contributed by atoms with Crippen molar-refractivity contribution in [2.24, 2.45) is 0 Å². The van der Waals surface area contributed by atoms with Crippen LogP contribution in [-0.4, -0.2) is 19.9 Å². The molecule has 0 radical (unpaired) electrons. The maximum absolute atomic E-state index is 5.01. The van der Waals surface area contributed by atoms with E-state index >= 15 is 0 Å². The summed E-state index contributed by atoms with van der Waals surface area (Å²) in [6.07, 6.45) is 0.